The van der Waals surface area contributed by atoms with E-state index in [1.165, 1.54) is 11.0 Å². The van der Waals surface area contributed by atoms with E-state index in [2.05, 4.69) is 35.9 Å². The second-order valence-corrected chi connectivity index (χ2v) is 6.44. The molecule has 1 fully saturated rings. The normalized spacial score (nSPS) is 13.9. The molecule has 2 aromatic heterocycles. The van der Waals surface area contributed by atoms with Crippen LogP contribution < -0.4 is 15.5 Å². The van der Waals surface area contributed by atoms with Crippen molar-refractivity contribution >= 4 is 17.4 Å². The lowest BCUT2D eigenvalue weighted by Crippen LogP contribution is -2.36. The molecule has 29 heavy (non-hydrogen) atoms. The van der Waals surface area contributed by atoms with Crippen molar-refractivity contribution in [1.29, 1.82) is 0 Å². The van der Waals surface area contributed by atoms with E-state index in [1.807, 2.05) is 36.4 Å². The van der Waals surface area contributed by atoms with Crippen molar-refractivity contribution in [2.24, 2.45) is 0 Å². The minimum absolute atomic E-state index is 0.267. The maximum atomic E-state index is 12.3. The molecule has 10 nitrogen and oxygen atoms in total. The Morgan fingerprint density at radius 1 is 1.07 bits per heavy atom. The summed E-state index contributed by atoms with van der Waals surface area (Å²) in [6.45, 7) is 4.04. The third-order valence-corrected chi connectivity index (χ3v) is 4.44. The van der Waals surface area contributed by atoms with Crippen LogP contribution in [0.2, 0.25) is 0 Å². The molecule has 0 unspecified atom stereocenters. The minimum Gasteiger partial charge on any atom is -0.378 e. The summed E-state index contributed by atoms with van der Waals surface area (Å²) in [4.78, 5) is 15.9. The van der Waals surface area contributed by atoms with Crippen molar-refractivity contribution in [3.05, 3.63) is 54.5 Å². The summed E-state index contributed by atoms with van der Waals surface area (Å²) in [6, 6.07) is 11.4. The summed E-state index contributed by atoms with van der Waals surface area (Å²) in [5.41, 5.74) is 2.07. The first-order chi connectivity index (χ1) is 14.3. The average molecular weight is 394 g/mol. The number of rotatable bonds is 7. The molecule has 4 rings (SSSR count). The molecule has 1 aromatic carbocycles. The van der Waals surface area contributed by atoms with Gasteiger partial charge in [0.15, 0.2) is 11.5 Å². The van der Waals surface area contributed by atoms with Gasteiger partial charge in [-0.1, -0.05) is 18.2 Å². The molecule has 150 valence electrons. The number of nitrogens with zero attached hydrogens (tertiary/aromatic N) is 6. The SMILES string of the molecule is O=C(NCCNc1cc(N2CCOCC2)cnn1)c1cnn(-c2ccccc2)n1. The predicted octanol–water partition coefficient (Wildman–Crippen LogP) is 0.736. The Balaban J connectivity index is 1.25. The van der Waals surface area contributed by atoms with Crippen LogP contribution in [0.25, 0.3) is 5.69 Å². The fourth-order valence-corrected chi connectivity index (χ4v) is 2.95. The molecule has 0 aliphatic carbocycles. The van der Waals surface area contributed by atoms with Gasteiger partial charge in [-0.25, -0.2) is 0 Å². The van der Waals surface area contributed by atoms with Crippen LogP contribution in [0.5, 0.6) is 0 Å². The molecule has 1 saturated heterocycles. The number of nitrogens with one attached hydrogen (secondary N) is 2. The molecule has 1 aliphatic heterocycles. The Bertz CT molecular complexity index is 940. The monoisotopic (exact) mass is 394 g/mol. The van der Waals surface area contributed by atoms with Crippen molar-refractivity contribution in [2.45, 2.75) is 0 Å². The van der Waals surface area contributed by atoms with Crippen molar-refractivity contribution in [1.82, 2.24) is 30.5 Å². The first-order valence-electron chi connectivity index (χ1n) is 9.45. The molecule has 0 saturated carbocycles. The number of hydrogen-bond acceptors (Lipinski definition) is 8. The number of amides is 1. The van der Waals surface area contributed by atoms with Crippen molar-refractivity contribution in [3.63, 3.8) is 0 Å². The Kier molecular flexibility index (Phi) is 5.91. The summed E-state index contributed by atoms with van der Waals surface area (Å²) < 4.78 is 5.37. The summed E-state index contributed by atoms with van der Waals surface area (Å²) in [7, 11) is 0. The van der Waals surface area contributed by atoms with Gasteiger partial charge < -0.3 is 20.3 Å². The summed E-state index contributed by atoms with van der Waals surface area (Å²) in [6.07, 6.45) is 3.20. The molecule has 1 amide bonds. The number of aromatic nitrogens is 5. The van der Waals surface area contributed by atoms with Crippen molar-refractivity contribution in [2.75, 3.05) is 49.6 Å². The van der Waals surface area contributed by atoms with Crippen LogP contribution in [-0.4, -0.2) is 70.5 Å². The standard InChI is InChI=1S/C19H22N8O2/c28-19(17-14-23-27(25-17)15-4-2-1-3-5-15)21-7-6-20-18-12-16(13-22-24-18)26-8-10-29-11-9-26/h1-5,12-14H,6-11H2,(H,20,24)(H,21,28). The molecule has 1 aliphatic rings. The van der Waals surface area contributed by atoms with Crippen LogP contribution >= 0.6 is 0 Å². The lowest BCUT2D eigenvalue weighted by atomic mass is 10.3. The molecule has 0 spiro atoms. The topological polar surface area (TPSA) is 110 Å². The van der Waals surface area contributed by atoms with Crippen LogP contribution in [0.4, 0.5) is 11.5 Å². The maximum absolute atomic E-state index is 12.3. The van der Waals surface area contributed by atoms with E-state index < -0.39 is 0 Å². The lowest BCUT2D eigenvalue weighted by Gasteiger charge is -2.28. The largest absolute Gasteiger partial charge is 0.378 e. The van der Waals surface area contributed by atoms with E-state index in [1.54, 1.807) is 6.20 Å². The van der Waals surface area contributed by atoms with Crippen LogP contribution in [-0.2, 0) is 4.74 Å². The minimum atomic E-state index is -0.276. The fraction of sp³-hybridized carbons (Fsp3) is 0.316. The summed E-state index contributed by atoms with van der Waals surface area (Å²) in [5, 5.41) is 22.5. The van der Waals surface area contributed by atoms with Gasteiger partial charge in [0.1, 0.15) is 0 Å². The highest BCUT2D eigenvalue weighted by atomic mass is 16.5. The van der Waals surface area contributed by atoms with Crippen LogP contribution in [0.3, 0.4) is 0 Å². The number of benzene rings is 1. The quantitative estimate of drug-likeness (QED) is 0.565. The number of carbonyl (C=O) groups is 1. The zero-order valence-corrected chi connectivity index (χ0v) is 15.9. The van der Waals surface area contributed by atoms with Gasteiger partial charge in [-0.3, -0.25) is 4.79 Å². The van der Waals surface area contributed by atoms with Gasteiger partial charge in [0.2, 0.25) is 0 Å². The first kappa shape index (κ1) is 18.8. The van der Waals surface area contributed by atoms with E-state index in [-0.39, 0.29) is 11.6 Å². The Morgan fingerprint density at radius 2 is 1.90 bits per heavy atom. The van der Waals surface area contributed by atoms with E-state index >= 15 is 0 Å². The molecule has 3 heterocycles. The molecular formula is C19H22N8O2. The van der Waals surface area contributed by atoms with Crippen LogP contribution in [0.1, 0.15) is 10.5 Å². The third-order valence-electron chi connectivity index (χ3n) is 4.44. The zero-order valence-electron chi connectivity index (χ0n) is 15.9. The Labute approximate surface area is 167 Å². The fourth-order valence-electron chi connectivity index (χ4n) is 2.95. The number of ether oxygens (including phenoxy) is 1. The molecule has 0 atom stereocenters. The Morgan fingerprint density at radius 3 is 2.72 bits per heavy atom. The third kappa shape index (κ3) is 4.85. The van der Waals surface area contributed by atoms with E-state index in [0.717, 1.165) is 24.5 Å². The zero-order chi connectivity index (χ0) is 19.9. The van der Waals surface area contributed by atoms with Gasteiger partial charge in [-0.2, -0.15) is 15.0 Å². The molecule has 2 N–H and O–H groups in total. The molecule has 0 bridgehead atoms. The number of hydrogen-bond donors (Lipinski definition) is 2. The second kappa shape index (κ2) is 9.11. The highest BCUT2D eigenvalue weighted by molar-refractivity contribution is 5.91. The van der Waals surface area contributed by atoms with E-state index in [0.29, 0.717) is 32.1 Å². The molecule has 3 aromatic rings. The smallest absolute Gasteiger partial charge is 0.273 e. The maximum Gasteiger partial charge on any atom is 0.273 e. The van der Waals surface area contributed by atoms with E-state index in [4.69, 9.17) is 4.74 Å². The highest BCUT2D eigenvalue weighted by Crippen LogP contribution is 2.16. The van der Waals surface area contributed by atoms with Gasteiger partial charge in [-0.15, -0.1) is 10.2 Å². The van der Waals surface area contributed by atoms with Gasteiger partial charge in [0.05, 0.1) is 37.0 Å². The van der Waals surface area contributed by atoms with Gasteiger partial charge in [0, 0.05) is 32.2 Å². The molecule has 0 radical (unpaired) electrons. The van der Waals surface area contributed by atoms with Crippen molar-refractivity contribution in [3.8, 4) is 5.69 Å². The summed E-state index contributed by atoms with van der Waals surface area (Å²) in [5.74, 6) is 0.389. The van der Waals surface area contributed by atoms with Crippen LogP contribution in [0.15, 0.2) is 48.8 Å². The van der Waals surface area contributed by atoms with Crippen molar-refractivity contribution < 1.29 is 9.53 Å². The number of carbonyl (C=O) groups excluding carboxylic acids is 1. The first-order valence-corrected chi connectivity index (χ1v) is 9.45. The number of morpholine rings is 1. The van der Waals surface area contributed by atoms with Crippen LogP contribution in [0, 0.1) is 0 Å². The predicted molar refractivity (Wildman–Crippen MR) is 107 cm³/mol. The van der Waals surface area contributed by atoms with E-state index in [9.17, 15) is 4.79 Å². The number of para-hydroxylation sites is 1. The lowest BCUT2D eigenvalue weighted by molar-refractivity contribution is 0.0949. The average Bonchev–Trinajstić information content (AvgIpc) is 3.29. The second-order valence-electron chi connectivity index (χ2n) is 6.44. The molecular weight excluding hydrogens is 372 g/mol. The summed E-state index contributed by atoms with van der Waals surface area (Å²) >= 11 is 0. The number of anilines is 2. The van der Waals surface area contributed by atoms with Gasteiger partial charge >= 0.3 is 0 Å². The molecule has 10 heteroatoms. The highest BCUT2D eigenvalue weighted by Gasteiger charge is 2.13. The van der Waals surface area contributed by atoms with Gasteiger partial charge in [-0.05, 0) is 12.1 Å². The Hall–Kier alpha value is -3.53. The van der Waals surface area contributed by atoms with Gasteiger partial charge in [0.25, 0.3) is 5.91 Å².